The van der Waals surface area contributed by atoms with Crippen molar-refractivity contribution in [3.63, 3.8) is 0 Å². The summed E-state index contributed by atoms with van der Waals surface area (Å²) >= 11 is 6.09. The second kappa shape index (κ2) is 8.18. The number of fused-ring (bicyclic) bond motifs is 2. The molecule has 1 atom stereocenters. The number of carbonyl (C=O) groups excluding carboxylic acids is 1. The fourth-order valence-corrected chi connectivity index (χ4v) is 4.39. The Hall–Kier alpha value is -3.98. The van der Waals surface area contributed by atoms with Crippen LogP contribution in [0.2, 0.25) is 5.02 Å². The molecule has 1 aliphatic rings. The third-order valence-corrected chi connectivity index (χ3v) is 5.93. The lowest BCUT2D eigenvalue weighted by Gasteiger charge is -2.25. The lowest BCUT2D eigenvalue weighted by Crippen LogP contribution is -2.31. The Morgan fingerprint density at radius 2 is 2.00 bits per heavy atom. The zero-order chi connectivity index (χ0) is 23.1. The zero-order valence-corrected chi connectivity index (χ0v) is 17.9. The molecule has 0 N–H and O–H groups in total. The lowest BCUT2D eigenvalue weighted by molar-refractivity contribution is -0.384. The van der Waals surface area contributed by atoms with E-state index in [4.69, 9.17) is 16.0 Å². The van der Waals surface area contributed by atoms with Crippen LogP contribution in [0.25, 0.3) is 11.0 Å². The van der Waals surface area contributed by atoms with E-state index in [1.807, 2.05) is 10.8 Å². The number of hydrogen-bond acceptors (Lipinski definition) is 6. The number of nitrogens with zero attached hydrogens (tertiary/aromatic N) is 4. The number of carbonyl (C=O) groups is 1. The van der Waals surface area contributed by atoms with Crippen molar-refractivity contribution < 1.29 is 14.1 Å². The van der Waals surface area contributed by atoms with E-state index in [-0.39, 0.29) is 33.4 Å². The van der Waals surface area contributed by atoms with Crippen LogP contribution in [-0.2, 0) is 6.54 Å². The van der Waals surface area contributed by atoms with Gasteiger partial charge in [-0.25, -0.2) is 4.98 Å². The van der Waals surface area contributed by atoms with Gasteiger partial charge in [0.05, 0.1) is 28.2 Å². The van der Waals surface area contributed by atoms with Gasteiger partial charge in [-0.2, -0.15) is 0 Å². The molecular formula is C23H17ClN4O5. The molecule has 166 valence electrons. The number of aromatic nitrogens is 2. The molecule has 0 bridgehead atoms. The fraction of sp³-hybridized carbons (Fsp3) is 0.174. The van der Waals surface area contributed by atoms with E-state index >= 15 is 0 Å². The second-order valence-corrected chi connectivity index (χ2v) is 8.16. The number of aryl methyl sites for hydroxylation is 1. The summed E-state index contributed by atoms with van der Waals surface area (Å²) in [5, 5.41) is 12.0. The highest BCUT2D eigenvalue weighted by atomic mass is 35.5. The first kappa shape index (κ1) is 20.9. The largest absolute Gasteiger partial charge is 0.450 e. The van der Waals surface area contributed by atoms with Gasteiger partial charge in [-0.05, 0) is 30.2 Å². The predicted molar refractivity (Wildman–Crippen MR) is 120 cm³/mol. The summed E-state index contributed by atoms with van der Waals surface area (Å²) in [6.07, 6.45) is 5.75. The van der Waals surface area contributed by atoms with Crippen LogP contribution in [0.3, 0.4) is 0 Å². The normalized spacial score (nSPS) is 15.2. The van der Waals surface area contributed by atoms with Gasteiger partial charge in [-0.15, -0.1) is 0 Å². The summed E-state index contributed by atoms with van der Waals surface area (Å²) in [4.78, 5) is 43.3. The molecule has 0 aliphatic carbocycles. The summed E-state index contributed by atoms with van der Waals surface area (Å²) in [7, 11) is 0. The van der Waals surface area contributed by atoms with Gasteiger partial charge in [-0.1, -0.05) is 23.7 Å². The van der Waals surface area contributed by atoms with Crippen LogP contribution in [0.4, 0.5) is 5.69 Å². The van der Waals surface area contributed by atoms with Gasteiger partial charge in [-0.3, -0.25) is 19.7 Å². The van der Waals surface area contributed by atoms with Gasteiger partial charge in [0.2, 0.25) is 5.76 Å². The van der Waals surface area contributed by atoms with Gasteiger partial charge >= 0.3 is 0 Å². The third-order valence-electron chi connectivity index (χ3n) is 5.70. The maximum atomic E-state index is 13.5. The van der Waals surface area contributed by atoms with E-state index in [9.17, 15) is 19.7 Å². The van der Waals surface area contributed by atoms with Gasteiger partial charge in [0, 0.05) is 42.6 Å². The van der Waals surface area contributed by atoms with Gasteiger partial charge in [0.15, 0.2) is 5.43 Å². The smallest absolute Gasteiger partial charge is 0.290 e. The Kier molecular flexibility index (Phi) is 5.18. The monoisotopic (exact) mass is 464 g/mol. The van der Waals surface area contributed by atoms with Gasteiger partial charge in [0.25, 0.3) is 11.6 Å². The average molecular weight is 465 g/mol. The van der Waals surface area contributed by atoms with Crippen LogP contribution in [-0.4, -0.2) is 31.8 Å². The van der Waals surface area contributed by atoms with Crippen molar-refractivity contribution in [1.29, 1.82) is 0 Å². The van der Waals surface area contributed by atoms with E-state index in [1.165, 1.54) is 23.1 Å². The van der Waals surface area contributed by atoms with Crippen molar-refractivity contribution in [3.05, 3.63) is 103 Å². The molecule has 33 heavy (non-hydrogen) atoms. The molecule has 9 nitrogen and oxygen atoms in total. The molecule has 0 spiro atoms. The highest BCUT2D eigenvalue weighted by molar-refractivity contribution is 6.31. The first-order valence-corrected chi connectivity index (χ1v) is 10.6. The van der Waals surface area contributed by atoms with E-state index in [0.29, 0.717) is 30.1 Å². The SMILES string of the molecule is O=C1c2oc3ccc(Cl)cc3c(=O)c2[C@H](c2cccc([N+](=O)[O-])c2)N1CCCn1ccnc1. The van der Waals surface area contributed by atoms with Gasteiger partial charge in [0.1, 0.15) is 5.58 Å². The van der Waals surface area contributed by atoms with Crippen molar-refractivity contribution in [2.45, 2.75) is 19.0 Å². The van der Waals surface area contributed by atoms with Crippen molar-refractivity contribution in [1.82, 2.24) is 14.5 Å². The number of imidazole rings is 1. The van der Waals surface area contributed by atoms with Crippen LogP contribution < -0.4 is 5.43 Å². The fourth-order valence-electron chi connectivity index (χ4n) is 4.22. The number of hydrogen-bond donors (Lipinski definition) is 0. The molecular weight excluding hydrogens is 448 g/mol. The summed E-state index contributed by atoms with van der Waals surface area (Å²) in [6, 6.07) is 9.79. The van der Waals surface area contributed by atoms with E-state index in [0.717, 1.165) is 0 Å². The molecule has 2 aromatic carbocycles. The minimum atomic E-state index is -0.810. The van der Waals surface area contributed by atoms with Crippen molar-refractivity contribution >= 4 is 34.2 Å². The minimum Gasteiger partial charge on any atom is -0.450 e. The van der Waals surface area contributed by atoms with Crippen LogP contribution in [0.5, 0.6) is 0 Å². The maximum Gasteiger partial charge on any atom is 0.290 e. The molecule has 1 amide bonds. The van der Waals surface area contributed by atoms with E-state index in [1.54, 1.807) is 36.8 Å². The first-order chi connectivity index (χ1) is 15.9. The van der Waals surface area contributed by atoms with Crippen LogP contribution >= 0.6 is 11.6 Å². The number of non-ortho nitro benzene ring substituents is 1. The molecule has 5 rings (SSSR count). The van der Waals surface area contributed by atoms with Crippen molar-refractivity contribution in [3.8, 4) is 0 Å². The van der Waals surface area contributed by atoms with Crippen LogP contribution in [0, 0.1) is 10.1 Å². The number of nitro benzene ring substituents is 1. The zero-order valence-electron chi connectivity index (χ0n) is 17.2. The summed E-state index contributed by atoms with van der Waals surface area (Å²) in [5.74, 6) is -0.477. The summed E-state index contributed by atoms with van der Waals surface area (Å²) in [5.41, 5.74) is 0.385. The summed E-state index contributed by atoms with van der Waals surface area (Å²) < 4.78 is 7.75. The Morgan fingerprint density at radius 1 is 1.15 bits per heavy atom. The maximum absolute atomic E-state index is 13.5. The van der Waals surface area contributed by atoms with Crippen LogP contribution in [0.15, 0.2) is 70.4 Å². The topological polar surface area (TPSA) is 111 Å². The first-order valence-electron chi connectivity index (χ1n) is 10.2. The number of benzene rings is 2. The number of halogens is 1. The Bertz CT molecular complexity index is 1450. The van der Waals surface area contributed by atoms with E-state index in [2.05, 4.69) is 4.98 Å². The lowest BCUT2D eigenvalue weighted by atomic mass is 9.98. The average Bonchev–Trinajstić information content (AvgIpc) is 3.42. The third kappa shape index (κ3) is 3.66. The number of nitro groups is 1. The highest BCUT2D eigenvalue weighted by Gasteiger charge is 2.42. The Balaban J connectivity index is 1.63. The molecule has 0 radical (unpaired) electrons. The molecule has 0 saturated heterocycles. The quantitative estimate of drug-likeness (QED) is 0.312. The Labute approximate surface area is 192 Å². The number of rotatable bonds is 6. The second-order valence-electron chi connectivity index (χ2n) is 7.72. The molecule has 0 saturated carbocycles. The predicted octanol–water partition coefficient (Wildman–Crippen LogP) is 4.19. The molecule has 1 aliphatic heterocycles. The molecule has 0 fully saturated rings. The van der Waals surface area contributed by atoms with Crippen LogP contribution in [0.1, 0.15) is 34.1 Å². The van der Waals surface area contributed by atoms with Crippen molar-refractivity contribution in [2.24, 2.45) is 0 Å². The number of amides is 1. The minimum absolute atomic E-state index is 0.0473. The molecule has 2 aromatic heterocycles. The Morgan fingerprint density at radius 3 is 2.76 bits per heavy atom. The highest BCUT2D eigenvalue weighted by Crippen LogP contribution is 2.39. The van der Waals surface area contributed by atoms with Gasteiger partial charge < -0.3 is 13.9 Å². The molecule has 3 heterocycles. The van der Waals surface area contributed by atoms with Crippen molar-refractivity contribution in [2.75, 3.05) is 6.54 Å². The summed E-state index contributed by atoms with van der Waals surface area (Å²) in [6.45, 7) is 0.922. The molecule has 4 aromatic rings. The standard InChI is InChI=1S/C23H17ClN4O5/c24-15-5-6-18-17(12-15)21(29)19-20(14-3-1-4-16(11-14)28(31)32)27(23(30)22(19)33-18)9-2-8-26-10-7-25-13-26/h1,3-7,10-13,20H,2,8-9H2/t20-/m0/s1. The molecule has 10 heteroatoms. The molecule has 0 unspecified atom stereocenters. The van der Waals surface area contributed by atoms with E-state index < -0.39 is 16.9 Å².